The summed E-state index contributed by atoms with van der Waals surface area (Å²) >= 11 is 0. The van der Waals surface area contributed by atoms with E-state index < -0.39 is 0 Å². The lowest BCUT2D eigenvalue weighted by molar-refractivity contribution is 0.0600. The summed E-state index contributed by atoms with van der Waals surface area (Å²) in [5.41, 5.74) is 3.66. The van der Waals surface area contributed by atoms with Gasteiger partial charge in [-0.05, 0) is 30.7 Å². The fourth-order valence-corrected chi connectivity index (χ4v) is 2.23. The number of aromatic nitrogens is 3. The molecule has 0 fully saturated rings. The first-order valence-electron chi connectivity index (χ1n) is 6.46. The van der Waals surface area contributed by atoms with Gasteiger partial charge in [0, 0.05) is 17.1 Å². The Morgan fingerprint density at radius 2 is 2.10 bits per heavy atom. The third-order valence-electron chi connectivity index (χ3n) is 3.35. The Morgan fingerprint density at radius 3 is 2.90 bits per heavy atom. The van der Waals surface area contributed by atoms with Crippen LogP contribution in [0.3, 0.4) is 0 Å². The molecule has 21 heavy (non-hydrogen) atoms. The van der Waals surface area contributed by atoms with E-state index in [0.29, 0.717) is 11.3 Å². The number of hydrogen-bond acceptors (Lipinski definition) is 5. The fourth-order valence-electron chi connectivity index (χ4n) is 2.23. The predicted octanol–water partition coefficient (Wildman–Crippen LogP) is 2.79. The van der Waals surface area contributed by atoms with Crippen LogP contribution >= 0.6 is 0 Å². The van der Waals surface area contributed by atoms with Crippen molar-refractivity contribution >= 4 is 16.9 Å². The van der Waals surface area contributed by atoms with E-state index in [-0.39, 0.29) is 5.97 Å². The molecule has 3 aromatic rings. The lowest BCUT2D eigenvalue weighted by Crippen LogP contribution is -2.04. The van der Waals surface area contributed by atoms with Gasteiger partial charge in [-0.15, -0.1) is 5.10 Å². The lowest BCUT2D eigenvalue weighted by Gasteiger charge is -2.08. The molecule has 0 spiro atoms. The largest absolute Gasteiger partial charge is 0.465 e. The van der Waals surface area contributed by atoms with Gasteiger partial charge in [-0.25, -0.2) is 4.79 Å². The van der Waals surface area contributed by atoms with Crippen molar-refractivity contribution in [2.24, 2.45) is 0 Å². The average Bonchev–Trinajstić information content (AvgIpc) is 2.54. The highest BCUT2D eigenvalue weighted by molar-refractivity contribution is 5.95. The molecule has 0 saturated carbocycles. The maximum absolute atomic E-state index is 11.8. The zero-order chi connectivity index (χ0) is 14.8. The monoisotopic (exact) mass is 279 g/mol. The second kappa shape index (κ2) is 5.28. The number of nitrogens with zero attached hydrogens (tertiary/aromatic N) is 3. The summed E-state index contributed by atoms with van der Waals surface area (Å²) in [6.07, 6.45) is 3.33. The zero-order valence-electron chi connectivity index (χ0n) is 11.7. The Bertz CT molecular complexity index is 825. The van der Waals surface area contributed by atoms with Crippen LogP contribution in [0.2, 0.25) is 0 Å². The molecular formula is C16H13N3O2. The number of carbonyl (C=O) groups excluding carboxylic acids is 1. The third kappa shape index (κ3) is 2.33. The van der Waals surface area contributed by atoms with Gasteiger partial charge in [-0.3, -0.25) is 4.98 Å². The summed E-state index contributed by atoms with van der Waals surface area (Å²) in [6, 6.07) is 9.35. The molecular weight excluding hydrogens is 266 g/mol. The van der Waals surface area contributed by atoms with Crippen molar-refractivity contribution in [1.29, 1.82) is 0 Å². The minimum atomic E-state index is -0.360. The summed E-state index contributed by atoms with van der Waals surface area (Å²) in [5, 5.41) is 9.06. The van der Waals surface area contributed by atoms with Gasteiger partial charge in [0.2, 0.25) is 0 Å². The highest BCUT2D eigenvalue weighted by Crippen LogP contribution is 2.26. The van der Waals surface area contributed by atoms with E-state index in [9.17, 15) is 4.79 Å². The van der Waals surface area contributed by atoms with Gasteiger partial charge in [-0.2, -0.15) is 5.10 Å². The first kappa shape index (κ1) is 13.2. The van der Waals surface area contributed by atoms with E-state index in [1.165, 1.54) is 7.11 Å². The molecule has 3 rings (SSSR count). The number of hydrogen-bond donors (Lipinski definition) is 0. The van der Waals surface area contributed by atoms with Gasteiger partial charge in [0.25, 0.3) is 0 Å². The minimum absolute atomic E-state index is 0.360. The number of esters is 1. The van der Waals surface area contributed by atoms with E-state index >= 15 is 0 Å². The minimum Gasteiger partial charge on any atom is -0.465 e. The number of rotatable bonds is 2. The Labute approximate surface area is 121 Å². The van der Waals surface area contributed by atoms with Crippen molar-refractivity contribution in [2.45, 2.75) is 6.92 Å². The predicted molar refractivity (Wildman–Crippen MR) is 78.8 cm³/mol. The van der Waals surface area contributed by atoms with Gasteiger partial charge in [0.05, 0.1) is 24.4 Å². The molecule has 0 radical (unpaired) electrons. The molecule has 0 amide bonds. The van der Waals surface area contributed by atoms with Crippen LogP contribution in [0.15, 0.2) is 42.7 Å². The van der Waals surface area contributed by atoms with Gasteiger partial charge >= 0.3 is 5.97 Å². The molecule has 0 aliphatic heterocycles. The summed E-state index contributed by atoms with van der Waals surface area (Å²) in [6.45, 7) is 1.87. The number of fused-ring (bicyclic) bond motifs is 1. The molecule has 5 heteroatoms. The van der Waals surface area contributed by atoms with Crippen LogP contribution < -0.4 is 0 Å². The van der Waals surface area contributed by atoms with E-state index in [1.54, 1.807) is 18.5 Å². The highest BCUT2D eigenvalue weighted by atomic mass is 16.5. The zero-order valence-corrected chi connectivity index (χ0v) is 11.7. The molecule has 104 valence electrons. The topological polar surface area (TPSA) is 65.0 Å². The van der Waals surface area contributed by atoms with Gasteiger partial charge in [0.1, 0.15) is 5.69 Å². The number of methoxy groups -OCH3 is 1. The van der Waals surface area contributed by atoms with Crippen LogP contribution in [-0.2, 0) is 4.74 Å². The molecule has 1 aromatic carbocycles. The number of aryl methyl sites for hydroxylation is 1. The van der Waals surface area contributed by atoms with Crippen molar-refractivity contribution < 1.29 is 9.53 Å². The average molecular weight is 279 g/mol. The summed E-state index contributed by atoms with van der Waals surface area (Å²) < 4.78 is 4.81. The first-order chi connectivity index (χ1) is 10.2. The number of pyridine rings is 1. The van der Waals surface area contributed by atoms with Crippen LogP contribution in [0.25, 0.3) is 22.2 Å². The van der Waals surface area contributed by atoms with Crippen molar-refractivity contribution in [2.75, 3.05) is 7.11 Å². The van der Waals surface area contributed by atoms with E-state index in [0.717, 1.165) is 22.0 Å². The highest BCUT2D eigenvalue weighted by Gasteiger charge is 2.13. The second-order valence-corrected chi connectivity index (χ2v) is 4.65. The van der Waals surface area contributed by atoms with E-state index in [1.807, 2.05) is 31.2 Å². The lowest BCUT2D eigenvalue weighted by atomic mass is 10.0. The molecule has 2 heterocycles. The van der Waals surface area contributed by atoms with Gasteiger partial charge in [-0.1, -0.05) is 12.1 Å². The Hall–Kier alpha value is -2.82. The van der Waals surface area contributed by atoms with Crippen LogP contribution in [0.1, 0.15) is 15.9 Å². The third-order valence-corrected chi connectivity index (χ3v) is 3.35. The molecule has 0 unspecified atom stereocenters. The maximum Gasteiger partial charge on any atom is 0.338 e. The molecule has 2 aromatic heterocycles. The smallest absolute Gasteiger partial charge is 0.338 e. The molecule has 0 aliphatic rings. The number of ether oxygens (including phenoxy) is 1. The van der Waals surface area contributed by atoms with Crippen molar-refractivity contribution in [1.82, 2.24) is 15.2 Å². The van der Waals surface area contributed by atoms with Crippen LogP contribution in [0, 0.1) is 6.92 Å². The van der Waals surface area contributed by atoms with Crippen molar-refractivity contribution in [3.63, 3.8) is 0 Å². The Morgan fingerprint density at radius 1 is 1.24 bits per heavy atom. The first-order valence-corrected chi connectivity index (χ1v) is 6.46. The van der Waals surface area contributed by atoms with Crippen LogP contribution in [0.5, 0.6) is 0 Å². The second-order valence-electron chi connectivity index (χ2n) is 4.65. The molecule has 5 nitrogen and oxygen atoms in total. The fraction of sp³-hybridized carbons (Fsp3) is 0.125. The van der Waals surface area contributed by atoms with Gasteiger partial charge < -0.3 is 4.74 Å². The number of carbonyl (C=O) groups is 1. The van der Waals surface area contributed by atoms with Crippen molar-refractivity contribution in [3.05, 3.63) is 53.9 Å². The van der Waals surface area contributed by atoms with Gasteiger partial charge in [0.15, 0.2) is 0 Å². The Balaban J connectivity index is 2.22. The van der Waals surface area contributed by atoms with Crippen LogP contribution in [0.4, 0.5) is 0 Å². The molecule has 0 atom stereocenters. The summed E-state index contributed by atoms with van der Waals surface area (Å²) in [4.78, 5) is 16.1. The quantitative estimate of drug-likeness (QED) is 0.675. The van der Waals surface area contributed by atoms with Crippen LogP contribution in [-0.4, -0.2) is 28.3 Å². The Kier molecular flexibility index (Phi) is 3.31. The molecule has 0 saturated heterocycles. The van der Waals surface area contributed by atoms with E-state index in [4.69, 9.17) is 4.74 Å². The van der Waals surface area contributed by atoms with E-state index in [2.05, 4.69) is 15.2 Å². The SMILES string of the molecule is COC(=O)c1cc(-c2nncc3ncccc23)ccc1C. The normalized spacial score (nSPS) is 10.6. The molecule has 0 bridgehead atoms. The van der Waals surface area contributed by atoms with Crippen molar-refractivity contribution in [3.8, 4) is 11.3 Å². The number of benzene rings is 1. The molecule has 0 N–H and O–H groups in total. The maximum atomic E-state index is 11.8. The summed E-state index contributed by atoms with van der Waals surface area (Å²) in [7, 11) is 1.37. The summed E-state index contributed by atoms with van der Waals surface area (Å²) in [5.74, 6) is -0.360. The molecule has 0 aliphatic carbocycles. The standard InChI is InChI=1S/C16H13N3O2/c1-10-5-6-11(8-13(10)16(20)21-2)15-12-4-3-7-17-14(12)9-18-19-15/h3-9H,1-2H3.